The third-order valence-corrected chi connectivity index (χ3v) is 7.79. The number of nitrogens with zero attached hydrogens (tertiary/aromatic N) is 1. The van der Waals surface area contributed by atoms with Crippen molar-refractivity contribution >= 4 is 12.4 Å². The van der Waals surface area contributed by atoms with Gasteiger partial charge in [-0.05, 0) is 71.4 Å². The molecule has 0 amide bonds. The van der Waals surface area contributed by atoms with Crippen molar-refractivity contribution in [2.24, 2.45) is 16.7 Å². The number of benzene rings is 2. The highest BCUT2D eigenvalue weighted by atomic mass is 35.5. The Balaban J connectivity index is 0.00000225. The van der Waals surface area contributed by atoms with Crippen molar-refractivity contribution in [3.05, 3.63) is 71.3 Å². The zero-order valence-electron chi connectivity index (χ0n) is 16.9. The van der Waals surface area contributed by atoms with Crippen molar-refractivity contribution in [2.75, 3.05) is 0 Å². The van der Waals surface area contributed by atoms with Crippen molar-refractivity contribution < 1.29 is 8.78 Å². The topological polar surface area (TPSA) is 3.24 Å². The highest BCUT2D eigenvalue weighted by molar-refractivity contribution is 5.85. The summed E-state index contributed by atoms with van der Waals surface area (Å²) in [5.74, 6) is 0.366. The summed E-state index contributed by atoms with van der Waals surface area (Å²) in [5.41, 5.74) is 2.87. The van der Waals surface area contributed by atoms with Crippen LogP contribution in [0.3, 0.4) is 0 Å². The molecule has 2 bridgehead atoms. The maximum absolute atomic E-state index is 13.3. The molecule has 0 spiro atoms. The Hall–Kier alpha value is -1.45. The zero-order valence-corrected chi connectivity index (χ0v) is 17.7. The van der Waals surface area contributed by atoms with Crippen LogP contribution in [0, 0.1) is 28.4 Å². The van der Waals surface area contributed by atoms with Crippen LogP contribution in [-0.2, 0) is 13.1 Å². The molecule has 3 unspecified atom stereocenters. The number of fused-ring (bicyclic) bond motifs is 2. The predicted molar refractivity (Wildman–Crippen MR) is 112 cm³/mol. The van der Waals surface area contributed by atoms with E-state index in [1.54, 1.807) is 0 Å². The van der Waals surface area contributed by atoms with E-state index >= 15 is 0 Å². The van der Waals surface area contributed by atoms with Crippen molar-refractivity contribution in [2.45, 2.75) is 59.2 Å². The first kappa shape index (κ1) is 21.3. The van der Waals surface area contributed by atoms with E-state index < -0.39 is 0 Å². The first-order valence-electron chi connectivity index (χ1n) is 10.0. The minimum absolute atomic E-state index is 0. The molecule has 0 heterocycles. The van der Waals surface area contributed by atoms with Crippen LogP contribution in [0.25, 0.3) is 0 Å². The third kappa shape index (κ3) is 3.59. The quantitative estimate of drug-likeness (QED) is 0.541. The standard InChI is InChI=1S/C24H29F2N.ClH/c1-23(2)19-12-13-24(23,3)22(14-19)27(15-17-4-8-20(25)9-5-17)16-18-6-10-21(26)11-7-18;/h4-11,19,22H,12-16H2,1-3H3;1H. The van der Waals surface area contributed by atoms with E-state index in [1.807, 2.05) is 24.3 Å². The number of hydrogen-bond acceptors (Lipinski definition) is 1. The van der Waals surface area contributed by atoms with Crippen molar-refractivity contribution in [1.29, 1.82) is 0 Å². The summed E-state index contributed by atoms with van der Waals surface area (Å²) in [6.45, 7) is 8.89. The lowest BCUT2D eigenvalue weighted by atomic mass is 9.68. The van der Waals surface area contributed by atoms with E-state index in [1.165, 1.54) is 43.5 Å². The van der Waals surface area contributed by atoms with Gasteiger partial charge in [0, 0.05) is 19.1 Å². The molecule has 4 heteroatoms. The van der Waals surface area contributed by atoms with Crippen LogP contribution in [0.1, 0.15) is 51.2 Å². The first-order valence-corrected chi connectivity index (χ1v) is 10.0. The Morgan fingerprint density at radius 1 is 0.857 bits per heavy atom. The van der Waals surface area contributed by atoms with E-state index in [2.05, 4.69) is 25.7 Å². The maximum atomic E-state index is 13.3. The van der Waals surface area contributed by atoms with Crippen LogP contribution in [0.4, 0.5) is 8.78 Å². The Bertz CT molecular complexity index is 755. The van der Waals surface area contributed by atoms with Crippen LogP contribution >= 0.6 is 12.4 Å². The van der Waals surface area contributed by atoms with Crippen LogP contribution in [0.15, 0.2) is 48.5 Å². The molecule has 0 aromatic heterocycles. The largest absolute Gasteiger partial charge is 0.291 e. The van der Waals surface area contributed by atoms with Gasteiger partial charge in [0.25, 0.3) is 0 Å². The normalized spacial score (nSPS) is 27.8. The molecule has 2 aromatic rings. The first-order chi connectivity index (χ1) is 12.8. The van der Waals surface area contributed by atoms with Gasteiger partial charge in [-0.25, -0.2) is 8.78 Å². The van der Waals surface area contributed by atoms with Gasteiger partial charge in [-0.2, -0.15) is 0 Å². The number of halogens is 3. The van der Waals surface area contributed by atoms with E-state index in [-0.39, 0.29) is 29.5 Å². The molecular weight excluding hydrogens is 376 g/mol. The lowest BCUT2D eigenvalue weighted by molar-refractivity contribution is 0.0332. The highest BCUT2D eigenvalue weighted by Gasteiger charge is 2.62. The molecule has 2 saturated carbocycles. The summed E-state index contributed by atoms with van der Waals surface area (Å²) in [7, 11) is 0. The Labute approximate surface area is 173 Å². The van der Waals surface area contributed by atoms with Gasteiger partial charge in [0.05, 0.1) is 0 Å². The van der Waals surface area contributed by atoms with E-state index in [0.717, 1.165) is 30.1 Å². The van der Waals surface area contributed by atoms with Crippen molar-refractivity contribution in [1.82, 2.24) is 4.90 Å². The zero-order chi connectivity index (χ0) is 19.2. The smallest absolute Gasteiger partial charge is 0.123 e. The predicted octanol–water partition coefficient (Wildman–Crippen LogP) is 6.60. The van der Waals surface area contributed by atoms with Crippen LogP contribution in [0.5, 0.6) is 0 Å². The fourth-order valence-electron chi connectivity index (χ4n) is 5.64. The Kier molecular flexibility index (Phi) is 5.89. The molecule has 3 atom stereocenters. The molecule has 0 saturated heterocycles. The summed E-state index contributed by atoms with van der Waals surface area (Å²) in [6.07, 6.45) is 3.80. The summed E-state index contributed by atoms with van der Waals surface area (Å²) in [6, 6.07) is 14.2. The molecule has 2 aromatic carbocycles. The molecule has 0 radical (unpaired) electrons. The number of rotatable bonds is 5. The average molecular weight is 406 g/mol. The summed E-state index contributed by atoms with van der Waals surface area (Å²) >= 11 is 0. The van der Waals surface area contributed by atoms with E-state index in [4.69, 9.17) is 0 Å². The summed E-state index contributed by atoms with van der Waals surface area (Å²) in [4.78, 5) is 2.54. The third-order valence-electron chi connectivity index (χ3n) is 7.79. The van der Waals surface area contributed by atoms with Crippen LogP contribution in [-0.4, -0.2) is 10.9 Å². The van der Waals surface area contributed by atoms with Crippen molar-refractivity contribution in [3.63, 3.8) is 0 Å². The minimum Gasteiger partial charge on any atom is -0.291 e. The number of hydrogen-bond donors (Lipinski definition) is 0. The molecule has 0 N–H and O–H groups in total. The molecule has 4 rings (SSSR count). The fraction of sp³-hybridized carbons (Fsp3) is 0.500. The Morgan fingerprint density at radius 2 is 1.32 bits per heavy atom. The van der Waals surface area contributed by atoms with Gasteiger partial charge in [0.1, 0.15) is 11.6 Å². The van der Waals surface area contributed by atoms with Gasteiger partial charge >= 0.3 is 0 Å². The summed E-state index contributed by atoms with van der Waals surface area (Å²) < 4.78 is 26.7. The molecule has 2 fully saturated rings. The van der Waals surface area contributed by atoms with Gasteiger partial charge in [-0.3, -0.25) is 4.90 Å². The second-order valence-corrected chi connectivity index (χ2v) is 9.28. The van der Waals surface area contributed by atoms with Gasteiger partial charge in [0.2, 0.25) is 0 Å². The fourth-order valence-corrected chi connectivity index (χ4v) is 5.64. The molecular formula is C24H30ClF2N. The minimum atomic E-state index is -0.197. The highest BCUT2D eigenvalue weighted by Crippen LogP contribution is 2.66. The van der Waals surface area contributed by atoms with Crippen LogP contribution < -0.4 is 0 Å². The van der Waals surface area contributed by atoms with E-state index in [9.17, 15) is 8.78 Å². The van der Waals surface area contributed by atoms with Gasteiger partial charge in [0.15, 0.2) is 0 Å². The molecule has 2 aliphatic rings. The van der Waals surface area contributed by atoms with Gasteiger partial charge in [-0.15, -0.1) is 12.4 Å². The summed E-state index contributed by atoms with van der Waals surface area (Å²) in [5, 5.41) is 0. The van der Waals surface area contributed by atoms with E-state index in [0.29, 0.717) is 11.5 Å². The molecule has 28 heavy (non-hydrogen) atoms. The maximum Gasteiger partial charge on any atom is 0.123 e. The molecule has 0 aliphatic heterocycles. The molecule has 2 aliphatic carbocycles. The Morgan fingerprint density at radius 3 is 1.68 bits per heavy atom. The van der Waals surface area contributed by atoms with Crippen molar-refractivity contribution in [3.8, 4) is 0 Å². The monoisotopic (exact) mass is 405 g/mol. The SMILES string of the molecule is CC1(C)C2CCC1(C)C(N(Cc1ccc(F)cc1)Cc1ccc(F)cc1)C2.Cl. The molecule has 152 valence electrons. The lowest BCUT2D eigenvalue weighted by Gasteiger charge is -2.45. The molecule has 1 nitrogen and oxygen atoms in total. The second-order valence-electron chi connectivity index (χ2n) is 9.28. The van der Waals surface area contributed by atoms with Crippen LogP contribution in [0.2, 0.25) is 0 Å². The average Bonchev–Trinajstić information content (AvgIpc) is 2.98. The lowest BCUT2D eigenvalue weighted by Crippen LogP contribution is -2.46. The van der Waals surface area contributed by atoms with Gasteiger partial charge < -0.3 is 0 Å². The second kappa shape index (κ2) is 7.76. The van der Waals surface area contributed by atoms with Gasteiger partial charge in [-0.1, -0.05) is 45.0 Å².